The summed E-state index contributed by atoms with van der Waals surface area (Å²) in [6.07, 6.45) is 1.82. The highest BCUT2D eigenvalue weighted by molar-refractivity contribution is 7.98. The first-order valence-electron chi connectivity index (χ1n) is 6.88. The number of thioether (sulfide) groups is 1. The van der Waals surface area contributed by atoms with Crippen LogP contribution in [-0.2, 0) is 0 Å². The van der Waals surface area contributed by atoms with E-state index in [-0.39, 0.29) is 5.56 Å². The number of hydrogen-bond donors (Lipinski definition) is 1. The van der Waals surface area contributed by atoms with Gasteiger partial charge in [-0.1, -0.05) is 36.0 Å². The van der Waals surface area contributed by atoms with E-state index >= 15 is 0 Å². The molecule has 0 aliphatic heterocycles. The van der Waals surface area contributed by atoms with Gasteiger partial charge in [0.1, 0.15) is 23.2 Å². The Balaban J connectivity index is 2.30. The van der Waals surface area contributed by atoms with E-state index in [0.717, 1.165) is 11.3 Å². The highest BCUT2D eigenvalue weighted by Gasteiger charge is 2.18. The van der Waals surface area contributed by atoms with Gasteiger partial charge in [-0.3, -0.25) is 4.79 Å². The minimum absolute atomic E-state index is 0.00136. The molecule has 6 heteroatoms. The molecule has 5 nitrogen and oxygen atoms in total. The number of nitrogens with zero attached hydrogens (tertiary/aromatic N) is 2. The Hall–Kier alpha value is -2.78. The van der Waals surface area contributed by atoms with Crippen LogP contribution in [0.15, 0.2) is 50.8 Å². The van der Waals surface area contributed by atoms with Crippen molar-refractivity contribution in [2.75, 3.05) is 6.26 Å². The highest BCUT2D eigenvalue weighted by atomic mass is 32.2. The SMILES string of the molecule is CSc1nc(-c2ccccc2-c2ccc(C)o2)c(C#N)c(=O)[nH]1. The molecular formula is C17H13N3O2S. The number of nitriles is 1. The Kier molecular flexibility index (Phi) is 4.04. The second-order valence-corrected chi connectivity index (χ2v) is 5.66. The molecule has 0 radical (unpaired) electrons. The van der Waals surface area contributed by atoms with Crippen LogP contribution in [0.25, 0.3) is 22.6 Å². The molecule has 0 aliphatic carbocycles. The topological polar surface area (TPSA) is 82.7 Å². The summed E-state index contributed by atoms with van der Waals surface area (Å²) in [5.41, 5.74) is 1.41. The van der Waals surface area contributed by atoms with Crippen LogP contribution in [0, 0.1) is 18.3 Å². The fourth-order valence-corrected chi connectivity index (χ4v) is 2.71. The van der Waals surface area contributed by atoms with E-state index in [2.05, 4.69) is 9.97 Å². The lowest BCUT2D eigenvalue weighted by molar-refractivity contribution is 0.548. The summed E-state index contributed by atoms with van der Waals surface area (Å²) < 4.78 is 5.69. The molecule has 0 unspecified atom stereocenters. The van der Waals surface area contributed by atoms with Crippen LogP contribution >= 0.6 is 11.8 Å². The van der Waals surface area contributed by atoms with Crippen LogP contribution < -0.4 is 5.56 Å². The zero-order chi connectivity index (χ0) is 16.4. The van der Waals surface area contributed by atoms with E-state index < -0.39 is 5.56 Å². The zero-order valence-corrected chi connectivity index (χ0v) is 13.4. The second-order valence-electron chi connectivity index (χ2n) is 4.87. The van der Waals surface area contributed by atoms with Crippen LogP contribution in [-0.4, -0.2) is 16.2 Å². The second kappa shape index (κ2) is 6.15. The number of H-pyrrole nitrogens is 1. The van der Waals surface area contributed by atoms with Gasteiger partial charge < -0.3 is 9.40 Å². The summed E-state index contributed by atoms with van der Waals surface area (Å²) in [7, 11) is 0. The summed E-state index contributed by atoms with van der Waals surface area (Å²) in [6.45, 7) is 1.87. The minimum Gasteiger partial charge on any atom is -0.461 e. The first-order chi connectivity index (χ1) is 11.1. The third kappa shape index (κ3) is 2.79. The lowest BCUT2D eigenvalue weighted by Crippen LogP contribution is -2.14. The lowest BCUT2D eigenvalue weighted by atomic mass is 10.00. The third-order valence-electron chi connectivity index (χ3n) is 3.39. The number of aryl methyl sites for hydroxylation is 1. The van der Waals surface area contributed by atoms with Crippen molar-refractivity contribution in [1.29, 1.82) is 5.26 Å². The number of furan rings is 1. The number of aromatic nitrogens is 2. The molecule has 0 atom stereocenters. The van der Waals surface area contributed by atoms with E-state index in [4.69, 9.17) is 4.42 Å². The van der Waals surface area contributed by atoms with E-state index in [1.54, 1.807) is 0 Å². The predicted molar refractivity (Wildman–Crippen MR) is 89.2 cm³/mol. The average Bonchev–Trinajstić information content (AvgIpc) is 3.00. The van der Waals surface area contributed by atoms with E-state index in [9.17, 15) is 10.1 Å². The maximum absolute atomic E-state index is 12.1. The molecule has 2 aromatic heterocycles. The molecular weight excluding hydrogens is 310 g/mol. The number of nitrogens with one attached hydrogen (secondary N) is 1. The summed E-state index contributed by atoms with van der Waals surface area (Å²) in [5, 5.41) is 9.82. The number of benzene rings is 1. The average molecular weight is 323 g/mol. The molecule has 0 saturated heterocycles. The van der Waals surface area contributed by atoms with Crippen LogP contribution in [0.1, 0.15) is 11.3 Å². The van der Waals surface area contributed by atoms with Gasteiger partial charge in [0.05, 0.1) is 5.69 Å². The largest absolute Gasteiger partial charge is 0.461 e. The van der Waals surface area contributed by atoms with Gasteiger partial charge in [-0.15, -0.1) is 0 Å². The van der Waals surface area contributed by atoms with Crippen molar-refractivity contribution in [2.24, 2.45) is 0 Å². The maximum Gasteiger partial charge on any atom is 0.270 e. The monoisotopic (exact) mass is 323 g/mol. The Morgan fingerprint density at radius 3 is 2.57 bits per heavy atom. The molecule has 114 valence electrons. The van der Waals surface area contributed by atoms with Gasteiger partial charge in [0.25, 0.3) is 5.56 Å². The standard InChI is InChI=1S/C17H13N3O2S/c1-10-7-8-14(22-10)11-5-3-4-6-12(11)15-13(9-18)16(21)20-17(19-15)23-2/h3-8H,1-2H3,(H,19,20,21). The van der Waals surface area contributed by atoms with Crippen molar-refractivity contribution in [3.63, 3.8) is 0 Å². The fourth-order valence-electron chi connectivity index (χ4n) is 2.33. The Morgan fingerprint density at radius 1 is 1.22 bits per heavy atom. The number of aromatic amines is 1. The molecule has 0 bridgehead atoms. The molecule has 0 aliphatic rings. The van der Waals surface area contributed by atoms with Crippen LogP contribution in [0.5, 0.6) is 0 Å². The normalized spacial score (nSPS) is 10.5. The highest BCUT2D eigenvalue weighted by Crippen LogP contribution is 2.33. The van der Waals surface area contributed by atoms with Gasteiger partial charge >= 0.3 is 0 Å². The summed E-state index contributed by atoms with van der Waals surface area (Å²) in [5.74, 6) is 1.47. The van der Waals surface area contributed by atoms with Gasteiger partial charge in [0, 0.05) is 11.1 Å². The van der Waals surface area contributed by atoms with Crippen LogP contribution in [0.2, 0.25) is 0 Å². The maximum atomic E-state index is 12.1. The van der Waals surface area contributed by atoms with Gasteiger partial charge in [-0.2, -0.15) is 5.26 Å². The molecule has 0 amide bonds. The van der Waals surface area contributed by atoms with E-state index in [1.165, 1.54) is 11.8 Å². The Morgan fingerprint density at radius 2 is 1.96 bits per heavy atom. The number of hydrogen-bond acceptors (Lipinski definition) is 5. The molecule has 3 rings (SSSR count). The van der Waals surface area contributed by atoms with E-state index in [0.29, 0.717) is 22.2 Å². The summed E-state index contributed by atoms with van der Waals surface area (Å²) >= 11 is 1.32. The summed E-state index contributed by atoms with van der Waals surface area (Å²) in [6, 6.07) is 13.1. The molecule has 0 saturated carbocycles. The molecule has 1 N–H and O–H groups in total. The van der Waals surface area contributed by atoms with Gasteiger partial charge in [-0.05, 0) is 25.3 Å². The van der Waals surface area contributed by atoms with Crippen molar-refractivity contribution in [3.05, 3.63) is 58.1 Å². The van der Waals surface area contributed by atoms with Crippen molar-refractivity contribution >= 4 is 11.8 Å². The predicted octanol–water partition coefficient (Wildman–Crippen LogP) is 3.60. The third-order valence-corrected chi connectivity index (χ3v) is 3.97. The van der Waals surface area contributed by atoms with Gasteiger partial charge in [-0.25, -0.2) is 4.98 Å². The number of rotatable bonds is 3. The smallest absolute Gasteiger partial charge is 0.270 e. The van der Waals surface area contributed by atoms with Crippen molar-refractivity contribution in [3.8, 4) is 28.7 Å². The van der Waals surface area contributed by atoms with Crippen molar-refractivity contribution < 1.29 is 4.42 Å². The zero-order valence-electron chi connectivity index (χ0n) is 12.6. The van der Waals surface area contributed by atoms with Crippen molar-refractivity contribution in [1.82, 2.24) is 9.97 Å². The molecule has 0 spiro atoms. The van der Waals surface area contributed by atoms with Gasteiger partial charge in [0.2, 0.25) is 0 Å². The Bertz CT molecular complexity index is 966. The fraction of sp³-hybridized carbons (Fsp3) is 0.118. The van der Waals surface area contributed by atoms with E-state index in [1.807, 2.05) is 55.6 Å². The van der Waals surface area contributed by atoms with Crippen molar-refractivity contribution in [2.45, 2.75) is 12.1 Å². The molecule has 23 heavy (non-hydrogen) atoms. The molecule has 1 aromatic carbocycles. The minimum atomic E-state index is -0.438. The first-order valence-corrected chi connectivity index (χ1v) is 8.11. The molecule has 0 fully saturated rings. The van der Waals surface area contributed by atoms with Crippen LogP contribution in [0.3, 0.4) is 0 Å². The molecule has 2 heterocycles. The molecule has 3 aromatic rings. The van der Waals surface area contributed by atoms with Gasteiger partial charge in [0.15, 0.2) is 5.16 Å². The quantitative estimate of drug-likeness (QED) is 0.588. The lowest BCUT2D eigenvalue weighted by Gasteiger charge is -2.09. The first kappa shape index (κ1) is 15.1. The van der Waals surface area contributed by atoms with Crippen LogP contribution in [0.4, 0.5) is 0 Å². The Labute approximate surface area is 137 Å². The summed E-state index contributed by atoms with van der Waals surface area (Å²) in [4.78, 5) is 19.2.